The van der Waals surface area contributed by atoms with E-state index < -0.39 is 38.5 Å². The normalized spacial score (nSPS) is 18.6. The number of carbonyl (C=O) groups excluding carboxylic acids is 2. The van der Waals surface area contributed by atoms with Crippen molar-refractivity contribution in [3.8, 4) is 11.1 Å². The van der Waals surface area contributed by atoms with Gasteiger partial charge in [0.15, 0.2) is 14.6 Å². The zero-order valence-corrected chi connectivity index (χ0v) is 17.0. The predicted molar refractivity (Wildman–Crippen MR) is 105 cm³/mol. The van der Waals surface area contributed by atoms with Gasteiger partial charge >= 0.3 is 6.09 Å². The molecule has 0 bridgehead atoms. The number of sulfone groups is 1. The Morgan fingerprint density at radius 3 is 2.60 bits per heavy atom. The van der Waals surface area contributed by atoms with Crippen molar-refractivity contribution >= 4 is 27.5 Å². The summed E-state index contributed by atoms with van der Waals surface area (Å²) in [7, 11) is -3.93. The van der Waals surface area contributed by atoms with Crippen LogP contribution in [0.2, 0.25) is 0 Å². The number of hydrogen-bond acceptors (Lipinski definition) is 7. The molecule has 30 heavy (non-hydrogen) atoms. The number of hydrogen-bond donors (Lipinski definition) is 2. The molecule has 11 heteroatoms. The van der Waals surface area contributed by atoms with E-state index in [0.29, 0.717) is 16.8 Å². The molecular weight excluding hydrogens is 417 g/mol. The number of cyclic esters (lactones) is 1. The Hall–Kier alpha value is -3.05. The number of carbonyl (C=O) groups is 2. The molecule has 1 aliphatic heterocycles. The number of ether oxygens (including phenoxy) is 1. The van der Waals surface area contributed by atoms with Crippen LogP contribution in [0, 0.1) is 5.82 Å². The van der Waals surface area contributed by atoms with E-state index in [1.54, 1.807) is 24.3 Å². The summed E-state index contributed by atoms with van der Waals surface area (Å²) in [5.74, 6) is -1.59. The van der Waals surface area contributed by atoms with E-state index >= 15 is 0 Å². The Kier molecular flexibility index (Phi) is 5.77. The second-order valence-electron chi connectivity index (χ2n) is 7.17. The van der Waals surface area contributed by atoms with Gasteiger partial charge in [0.05, 0.1) is 12.7 Å². The molecule has 0 radical (unpaired) electrons. The summed E-state index contributed by atoms with van der Waals surface area (Å²) in [6, 6.07) is 8.01. The van der Waals surface area contributed by atoms with Crippen molar-refractivity contribution in [3.63, 3.8) is 0 Å². The highest BCUT2D eigenvalue weighted by Gasteiger charge is 2.48. The maximum Gasteiger partial charge on any atom is 0.414 e. The minimum absolute atomic E-state index is 0.00557. The second kappa shape index (κ2) is 8.00. The number of rotatable bonds is 6. The van der Waals surface area contributed by atoms with Crippen LogP contribution in [0.15, 0.2) is 42.7 Å². The molecule has 2 heterocycles. The van der Waals surface area contributed by atoms with Crippen molar-refractivity contribution in [2.75, 3.05) is 17.7 Å². The van der Waals surface area contributed by atoms with Gasteiger partial charge in [-0.15, -0.1) is 0 Å². The average Bonchev–Trinajstić information content (AvgIpc) is 3.06. The minimum atomic E-state index is -3.93. The van der Waals surface area contributed by atoms with Gasteiger partial charge in [0.25, 0.3) is 5.91 Å². The predicted octanol–water partition coefficient (Wildman–Crippen LogP) is 1.91. The molecule has 160 valence electrons. The number of nitrogens with one attached hydrogen (secondary N) is 1. The van der Waals surface area contributed by atoms with Crippen molar-refractivity contribution < 1.29 is 32.3 Å². The first-order valence-electron chi connectivity index (χ1n) is 8.89. The number of nitrogens with zero attached hydrogens (tertiary/aromatic N) is 2. The summed E-state index contributed by atoms with van der Waals surface area (Å²) in [6.45, 7) is 1.16. The Balaban J connectivity index is 1.79. The monoisotopic (exact) mass is 437 g/mol. The molecule has 2 unspecified atom stereocenters. The first-order valence-corrected chi connectivity index (χ1v) is 10.8. The first kappa shape index (κ1) is 21.7. The third kappa shape index (κ3) is 3.98. The summed E-state index contributed by atoms with van der Waals surface area (Å²) < 4.78 is 41.4. The fourth-order valence-corrected chi connectivity index (χ4v) is 4.11. The molecule has 1 fully saturated rings. The average molecular weight is 437 g/mol. The SMILES string of the molecule is CC(CC1CN(c2ccc(-c3ccncc3F)cc2)C(=O)O1)(C(=O)NO)S(C)(=O)=O. The van der Waals surface area contributed by atoms with Crippen molar-refractivity contribution in [2.45, 2.75) is 24.2 Å². The minimum Gasteiger partial charge on any atom is -0.444 e. The lowest BCUT2D eigenvalue weighted by Crippen LogP contribution is -2.51. The van der Waals surface area contributed by atoms with Gasteiger partial charge in [-0.25, -0.2) is 23.1 Å². The zero-order valence-electron chi connectivity index (χ0n) is 16.2. The van der Waals surface area contributed by atoms with Gasteiger partial charge in [-0.05, 0) is 30.7 Å². The number of aromatic nitrogens is 1. The highest BCUT2D eigenvalue weighted by Crippen LogP contribution is 2.31. The quantitative estimate of drug-likeness (QED) is 0.522. The summed E-state index contributed by atoms with van der Waals surface area (Å²) in [5, 5.41) is 8.92. The van der Waals surface area contributed by atoms with Crippen LogP contribution in [0.25, 0.3) is 11.1 Å². The Bertz CT molecular complexity index is 1080. The van der Waals surface area contributed by atoms with E-state index in [0.717, 1.165) is 19.4 Å². The number of anilines is 1. The third-order valence-corrected chi connectivity index (χ3v) is 7.14. The summed E-state index contributed by atoms with van der Waals surface area (Å²) in [6.07, 6.45) is 1.51. The number of amides is 2. The van der Waals surface area contributed by atoms with Crippen molar-refractivity contribution in [3.05, 3.63) is 48.5 Å². The van der Waals surface area contributed by atoms with Gasteiger partial charge in [0.2, 0.25) is 0 Å². The molecule has 1 aliphatic rings. The van der Waals surface area contributed by atoms with Crippen LogP contribution in [0.1, 0.15) is 13.3 Å². The molecule has 9 nitrogen and oxygen atoms in total. The molecule has 1 aromatic heterocycles. The van der Waals surface area contributed by atoms with Gasteiger partial charge in [-0.2, -0.15) is 0 Å². The van der Waals surface area contributed by atoms with E-state index in [1.165, 1.54) is 22.6 Å². The van der Waals surface area contributed by atoms with Crippen LogP contribution in [0.4, 0.5) is 14.9 Å². The molecule has 2 atom stereocenters. The lowest BCUT2D eigenvalue weighted by Gasteiger charge is -2.26. The smallest absolute Gasteiger partial charge is 0.414 e. The number of hydroxylamine groups is 1. The zero-order chi connectivity index (χ0) is 22.1. The maximum absolute atomic E-state index is 13.9. The van der Waals surface area contributed by atoms with E-state index in [1.807, 2.05) is 0 Å². The molecule has 1 saturated heterocycles. The molecule has 2 N–H and O–H groups in total. The Labute approximate surface area is 172 Å². The Morgan fingerprint density at radius 2 is 2.03 bits per heavy atom. The standard InChI is InChI=1S/C19H20FN3O6S/c1-19(17(24)22-26,30(2,27)28)9-14-11-23(18(25)29-14)13-5-3-12(4-6-13)15-7-8-21-10-16(15)20/h3-8,10,14,26H,9,11H2,1-2H3,(H,22,24). The molecule has 0 aliphatic carbocycles. The Morgan fingerprint density at radius 1 is 1.37 bits per heavy atom. The first-order chi connectivity index (χ1) is 14.1. The lowest BCUT2D eigenvalue weighted by atomic mass is 10.0. The van der Waals surface area contributed by atoms with Gasteiger partial charge in [-0.3, -0.25) is 19.9 Å². The molecule has 0 saturated carbocycles. The summed E-state index contributed by atoms with van der Waals surface area (Å²) in [5.41, 5.74) is 2.77. The maximum atomic E-state index is 13.9. The van der Waals surface area contributed by atoms with Gasteiger partial charge in [0.1, 0.15) is 11.9 Å². The summed E-state index contributed by atoms with van der Waals surface area (Å²) in [4.78, 5) is 29.3. The van der Waals surface area contributed by atoms with Crippen LogP contribution in [0.5, 0.6) is 0 Å². The molecule has 0 spiro atoms. The molecular formula is C19H20FN3O6S. The van der Waals surface area contributed by atoms with Crippen LogP contribution in [-0.4, -0.2) is 54.3 Å². The van der Waals surface area contributed by atoms with Crippen molar-refractivity contribution in [1.29, 1.82) is 0 Å². The van der Waals surface area contributed by atoms with Crippen LogP contribution in [-0.2, 0) is 19.4 Å². The second-order valence-corrected chi connectivity index (χ2v) is 9.61. The third-order valence-electron chi connectivity index (χ3n) is 5.15. The van der Waals surface area contributed by atoms with Crippen LogP contribution < -0.4 is 10.4 Å². The molecule has 3 rings (SSSR count). The summed E-state index contributed by atoms with van der Waals surface area (Å²) >= 11 is 0. The highest BCUT2D eigenvalue weighted by molar-refractivity contribution is 7.92. The fourth-order valence-electron chi connectivity index (χ4n) is 3.23. The van der Waals surface area contributed by atoms with Gasteiger partial charge < -0.3 is 4.74 Å². The van der Waals surface area contributed by atoms with Crippen molar-refractivity contribution in [1.82, 2.24) is 10.5 Å². The van der Waals surface area contributed by atoms with Crippen molar-refractivity contribution in [2.24, 2.45) is 0 Å². The largest absolute Gasteiger partial charge is 0.444 e. The number of halogens is 1. The lowest BCUT2D eigenvalue weighted by molar-refractivity contribution is -0.132. The topological polar surface area (TPSA) is 126 Å². The highest BCUT2D eigenvalue weighted by atomic mass is 32.2. The van der Waals surface area contributed by atoms with Gasteiger partial charge in [0, 0.05) is 30.1 Å². The van der Waals surface area contributed by atoms with E-state index in [2.05, 4.69) is 4.98 Å². The van der Waals surface area contributed by atoms with Gasteiger partial charge in [-0.1, -0.05) is 12.1 Å². The molecule has 1 aromatic carbocycles. The van der Waals surface area contributed by atoms with Crippen LogP contribution >= 0.6 is 0 Å². The van der Waals surface area contributed by atoms with E-state index in [-0.39, 0.29) is 13.0 Å². The molecule has 2 amide bonds. The number of benzene rings is 1. The fraction of sp³-hybridized carbons (Fsp3) is 0.316. The number of pyridine rings is 1. The van der Waals surface area contributed by atoms with E-state index in [9.17, 15) is 22.4 Å². The molecule has 2 aromatic rings. The van der Waals surface area contributed by atoms with Crippen LogP contribution in [0.3, 0.4) is 0 Å². The van der Waals surface area contributed by atoms with E-state index in [4.69, 9.17) is 9.94 Å².